The number of aromatic nitrogens is 1. The summed E-state index contributed by atoms with van der Waals surface area (Å²) in [5.41, 5.74) is 2.11. The zero-order valence-electron chi connectivity index (χ0n) is 15.4. The summed E-state index contributed by atoms with van der Waals surface area (Å²) in [6.45, 7) is 4.27. The van der Waals surface area contributed by atoms with Crippen molar-refractivity contribution in [3.05, 3.63) is 59.9 Å². The van der Waals surface area contributed by atoms with Crippen molar-refractivity contribution in [2.45, 2.75) is 13.3 Å². The third-order valence-electron chi connectivity index (χ3n) is 5.35. The Bertz CT molecular complexity index is 838. The minimum atomic E-state index is -0.248. The third-order valence-corrected chi connectivity index (χ3v) is 5.35. The van der Waals surface area contributed by atoms with Crippen LogP contribution in [0.3, 0.4) is 0 Å². The number of hydrogen-bond donors (Lipinski definition) is 0. The van der Waals surface area contributed by atoms with Gasteiger partial charge >= 0.3 is 0 Å². The number of aryl methyl sites for hydroxylation is 1. The molecule has 3 heterocycles. The van der Waals surface area contributed by atoms with Crippen molar-refractivity contribution in [3.63, 3.8) is 0 Å². The highest BCUT2D eigenvalue weighted by atomic mass is 16.5. The molecule has 2 fully saturated rings. The van der Waals surface area contributed by atoms with Crippen LogP contribution in [0.4, 0.5) is 5.69 Å². The normalized spacial score (nSPS) is 22.9. The Morgan fingerprint density at radius 2 is 1.96 bits per heavy atom. The molecule has 1 spiro atoms. The van der Waals surface area contributed by atoms with Gasteiger partial charge in [-0.15, -0.1) is 0 Å². The zero-order chi connectivity index (χ0) is 18.9. The van der Waals surface area contributed by atoms with Crippen LogP contribution in [0.15, 0.2) is 48.7 Å². The van der Waals surface area contributed by atoms with E-state index in [2.05, 4.69) is 4.98 Å². The molecule has 0 saturated carbocycles. The molecular weight excluding hydrogens is 342 g/mol. The molecule has 1 aromatic carbocycles. The SMILES string of the molecule is Cc1ccc(C(=O)N2CCC3(COCC(=O)N(c4ccccc4)C3)C2)nc1. The molecule has 2 aliphatic rings. The van der Waals surface area contributed by atoms with Gasteiger partial charge in [-0.2, -0.15) is 0 Å². The first-order valence-electron chi connectivity index (χ1n) is 9.21. The number of para-hydroxylation sites is 1. The molecule has 1 aromatic heterocycles. The molecule has 2 saturated heterocycles. The number of carbonyl (C=O) groups excluding carboxylic acids is 2. The maximum atomic E-state index is 12.8. The van der Waals surface area contributed by atoms with Crippen molar-refractivity contribution < 1.29 is 14.3 Å². The van der Waals surface area contributed by atoms with Crippen LogP contribution in [0.2, 0.25) is 0 Å². The summed E-state index contributed by atoms with van der Waals surface area (Å²) in [4.78, 5) is 33.3. The van der Waals surface area contributed by atoms with E-state index in [9.17, 15) is 9.59 Å². The maximum absolute atomic E-state index is 12.8. The molecule has 2 aromatic rings. The molecule has 1 unspecified atom stereocenters. The number of nitrogens with zero attached hydrogens (tertiary/aromatic N) is 3. The molecule has 0 bridgehead atoms. The lowest BCUT2D eigenvalue weighted by atomic mass is 9.87. The van der Waals surface area contributed by atoms with Gasteiger partial charge in [0.1, 0.15) is 12.3 Å². The van der Waals surface area contributed by atoms with E-state index in [0.29, 0.717) is 31.9 Å². The summed E-state index contributed by atoms with van der Waals surface area (Å²) < 4.78 is 5.70. The second-order valence-corrected chi connectivity index (χ2v) is 7.51. The molecular formula is C21H23N3O3. The fourth-order valence-corrected chi connectivity index (χ4v) is 3.86. The minimum absolute atomic E-state index is 0.0388. The Morgan fingerprint density at radius 1 is 1.15 bits per heavy atom. The van der Waals surface area contributed by atoms with Gasteiger partial charge in [0, 0.05) is 36.9 Å². The van der Waals surface area contributed by atoms with Crippen LogP contribution in [0, 0.1) is 12.3 Å². The first-order chi connectivity index (χ1) is 13.1. The van der Waals surface area contributed by atoms with E-state index in [-0.39, 0.29) is 23.8 Å². The molecule has 0 radical (unpaired) electrons. The molecule has 1 atom stereocenters. The van der Waals surface area contributed by atoms with Crippen molar-refractivity contribution in [1.82, 2.24) is 9.88 Å². The van der Waals surface area contributed by atoms with Crippen molar-refractivity contribution in [3.8, 4) is 0 Å². The number of likely N-dealkylation sites (tertiary alicyclic amines) is 1. The number of benzene rings is 1. The van der Waals surface area contributed by atoms with Crippen LogP contribution in [-0.2, 0) is 9.53 Å². The topological polar surface area (TPSA) is 62.7 Å². The lowest BCUT2D eigenvalue weighted by Crippen LogP contribution is -2.43. The van der Waals surface area contributed by atoms with Gasteiger partial charge in [0.2, 0.25) is 0 Å². The fraction of sp³-hybridized carbons (Fsp3) is 0.381. The zero-order valence-corrected chi connectivity index (χ0v) is 15.4. The largest absolute Gasteiger partial charge is 0.371 e. The Morgan fingerprint density at radius 3 is 2.70 bits per heavy atom. The average Bonchev–Trinajstić information content (AvgIpc) is 3.03. The monoisotopic (exact) mass is 365 g/mol. The lowest BCUT2D eigenvalue weighted by Gasteiger charge is -2.31. The molecule has 0 N–H and O–H groups in total. The molecule has 0 aliphatic carbocycles. The molecule has 6 heteroatoms. The number of carbonyl (C=O) groups is 2. The summed E-state index contributed by atoms with van der Waals surface area (Å²) in [6.07, 6.45) is 2.52. The Balaban J connectivity index is 1.53. The van der Waals surface area contributed by atoms with E-state index in [4.69, 9.17) is 4.74 Å². The maximum Gasteiger partial charge on any atom is 0.272 e. The standard InChI is InChI=1S/C21H23N3O3/c1-16-7-8-18(22-11-16)20(26)23-10-9-21(13-23)14-24(19(25)12-27-15-21)17-5-3-2-4-6-17/h2-8,11H,9-10,12-15H2,1H3. The smallest absolute Gasteiger partial charge is 0.272 e. The fourth-order valence-electron chi connectivity index (χ4n) is 3.86. The average molecular weight is 365 g/mol. The number of rotatable bonds is 2. The lowest BCUT2D eigenvalue weighted by molar-refractivity contribution is -0.122. The molecule has 6 nitrogen and oxygen atoms in total. The first kappa shape index (κ1) is 17.7. The Hall–Kier alpha value is -2.73. The quantitative estimate of drug-likeness (QED) is 0.819. The van der Waals surface area contributed by atoms with E-state index in [1.807, 2.05) is 48.2 Å². The van der Waals surface area contributed by atoms with E-state index < -0.39 is 0 Å². The number of hydrogen-bond acceptors (Lipinski definition) is 4. The number of amides is 2. The summed E-state index contributed by atoms with van der Waals surface area (Å²) in [5, 5.41) is 0. The van der Waals surface area contributed by atoms with E-state index in [1.165, 1.54) is 0 Å². The van der Waals surface area contributed by atoms with Gasteiger partial charge < -0.3 is 14.5 Å². The van der Waals surface area contributed by atoms with Crippen LogP contribution in [-0.4, -0.2) is 54.5 Å². The highest BCUT2D eigenvalue weighted by Gasteiger charge is 2.44. The molecule has 4 rings (SSSR count). The van der Waals surface area contributed by atoms with Crippen molar-refractivity contribution in [1.29, 1.82) is 0 Å². The second-order valence-electron chi connectivity index (χ2n) is 7.51. The van der Waals surface area contributed by atoms with Crippen molar-refractivity contribution >= 4 is 17.5 Å². The first-order valence-corrected chi connectivity index (χ1v) is 9.21. The molecule has 2 amide bonds. The van der Waals surface area contributed by atoms with E-state index >= 15 is 0 Å². The summed E-state index contributed by atoms with van der Waals surface area (Å²) in [6, 6.07) is 13.3. The summed E-state index contributed by atoms with van der Waals surface area (Å²) in [7, 11) is 0. The van der Waals surface area contributed by atoms with E-state index in [1.54, 1.807) is 17.2 Å². The highest BCUT2D eigenvalue weighted by Crippen LogP contribution is 2.35. The summed E-state index contributed by atoms with van der Waals surface area (Å²) in [5.74, 6) is -0.100. The number of anilines is 1. The highest BCUT2D eigenvalue weighted by molar-refractivity contribution is 5.95. The van der Waals surface area contributed by atoms with Crippen molar-refractivity contribution in [2.24, 2.45) is 5.41 Å². The van der Waals surface area contributed by atoms with Gasteiger partial charge in [-0.3, -0.25) is 14.6 Å². The minimum Gasteiger partial charge on any atom is -0.371 e. The molecule has 2 aliphatic heterocycles. The van der Waals surface area contributed by atoms with E-state index in [0.717, 1.165) is 17.7 Å². The van der Waals surface area contributed by atoms with Gasteiger partial charge in [-0.25, -0.2) is 0 Å². The second kappa shape index (κ2) is 7.12. The van der Waals surface area contributed by atoms with Crippen LogP contribution >= 0.6 is 0 Å². The predicted molar refractivity (Wildman–Crippen MR) is 102 cm³/mol. The Labute approximate surface area is 158 Å². The number of ether oxygens (including phenoxy) is 1. The van der Waals surface area contributed by atoms with Crippen LogP contribution < -0.4 is 4.90 Å². The van der Waals surface area contributed by atoms with Gasteiger partial charge in [-0.1, -0.05) is 24.3 Å². The third kappa shape index (κ3) is 3.57. The molecule has 140 valence electrons. The van der Waals surface area contributed by atoms with Crippen molar-refractivity contribution in [2.75, 3.05) is 37.7 Å². The van der Waals surface area contributed by atoms with Crippen LogP contribution in [0.1, 0.15) is 22.5 Å². The van der Waals surface area contributed by atoms with Crippen LogP contribution in [0.5, 0.6) is 0 Å². The van der Waals surface area contributed by atoms with Gasteiger partial charge in [-0.05, 0) is 37.1 Å². The van der Waals surface area contributed by atoms with Gasteiger partial charge in [0.15, 0.2) is 0 Å². The summed E-state index contributed by atoms with van der Waals surface area (Å²) >= 11 is 0. The molecule has 27 heavy (non-hydrogen) atoms. The van der Waals surface area contributed by atoms with Crippen LogP contribution in [0.25, 0.3) is 0 Å². The predicted octanol–water partition coefficient (Wildman–Crippen LogP) is 2.29. The van der Waals surface area contributed by atoms with Gasteiger partial charge in [0.05, 0.1) is 6.61 Å². The van der Waals surface area contributed by atoms with Gasteiger partial charge in [0.25, 0.3) is 11.8 Å². The Kier molecular flexibility index (Phi) is 4.66. The number of pyridine rings is 1.